The SMILES string of the molecule is CC(C)=CCC[C@@H](C)[C@H]1CC[C@H]2[C@@H]3CCC4=C/C(=N\O)CC[C@]4(C)[C@H]3CC[C@]12C. The maximum absolute atomic E-state index is 9.27. The van der Waals surface area contributed by atoms with Crippen LogP contribution in [0.4, 0.5) is 0 Å². The molecule has 0 heterocycles. The van der Waals surface area contributed by atoms with Crippen LogP contribution < -0.4 is 0 Å². The first kappa shape index (κ1) is 21.2. The molecule has 0 radical (unpaired) electrons. The van der Waals surface area contributed by atoms with Gasteiger partial charge in [-0.05, 0) is 125 Å². The summed E-state index contributed by atoms with van der Waals surface area (Å²) in [7, 11) is 0. The van der Waals surface area contributed by atoms with Crippen molar-refractivity contribution in [2.45, 2.75) is 98.8 Å². The van der Waals surface area contributed by atoms with Crippen molar-refractivity contribution >= 4 is 5.71 Å². The number of allylic oxidation sites excluding steroid dienone is 4. The van der Waals surface area contributed by atoms with Gasteiger partial charge in [0.2, 0.25) is 0 Å². The molecule has 0 amide bonds. The molecule has 3 saturated carbocycles. The minimum Gasteiger partial charge on any atom is -0.411 e. The first-order chi connectivity index (χ1) is 13.8. The number of hydrogen-bond donors (Lipinski definition) is 1. The smallest absolute Gasteiger partial charge is 0.0795 e. The number of fused-ring (bicyclic) bond motifs is 5. The molecule has 162 valence electrons. The molecule has 0 aromatic carbocycles. The molecule has 0 bridgehead atoms. The van der Waals surface area contributed by atoms with Gasteiger partial charge in [-0.2, -0.15) is 0 Å². The first-order valence-corrected chi connectivity index (χ1v) is 12.3. The van der Waals surface area contributed by atoms with Crippen LogP contribution in [0.3, 0.4) is 0 Å². The fraction of sp³-hybridized carbons (Fsp3) is 0.815. The van der Waals surface area contributed by atoms with Crippen molar-refractivity contribution in [3.8, 4) is 0 Å². The van der Waals surface area contributed by atoms with Crippen LogP contribution in [0.1, 0.15) is 98.8 Å². The van der Waals surface area contributed by atoms with E-state index in [2.05, 4.69) is 51.9 Å². The van der Waals surface area contributed by atoms with Crippen LogP contribution in [0.2, 0.25) is 0 Å². The van der Waals surface area contributed by atoms with E-state index in [0.717, 1.165) is 41.7 Å². The van der Waals surface area contributed by atoms with Gasteiger partial charge in [-0.15, -0.1) is 0 Å². The third-order valence-corrected chi connectivity index (χ3v) is 10.0. The maximum Gasteiger partial charge on any atom is 0.0795 e. The summed E-state index contributed by atoms with van der Waals surface area (Å²) < 4.78 is 0. The third-order valence-electron chi connectivity index (χ3n) is 10.0. The summed E-state index contributed by atoms with van der Waals surface area (Å²) in [6.07, 6.45) is 17.8. The molecule has 4 aliphatic rings. The van der Waals surface area contributed by atoms with Gasteiger partial charge in [0.15, 0.2) is 0 Å². The predicted molar refractivity (Wildman–Crippen MR) is 122 cm³/mol. The van der Waals surface area contributed by atoms with Gasteiger partial charge < -0.3 is 5.21 Å². The second kappa shape index (κ2) is 7.89. The van der Waals surface area contributed by atoms with Gasteiger partial charge in [0.1, 0.15) is 0 Å². The van der Waals surface area contributed by atoms with E-state index in [0.29, 0.717) is 10.8 Å². The summed E-state index contributed by atoms with van der Waals surface area (Å²) >= 11 is 0. The Balaban J connectivity index is 1.52. The molecule has 0 unspecified atom stereocenters. The van der Waals surface area contributed by atoms with Crippen LogP contribution in [0, 0.1) is 40.4 Å². The normalized spacial score (nSPS) is 43.8. The summed E-state index contributed by atoms with van der Waals surface area (Å²) in [5, 5.41) is 12.8. The number of hydrogen-bond acceptors (Lipinski definition) is 2. The Morgan fingerprint density at radius 2 is 1.93 bits per heavy atom. The minimum absolute atomic E-state index is 0.353. The van der Waals surface area contributed by atoms with Gasteiger partial charge in [-0.3, -0.25) is 0 Å². The van der Waals surface area contributed by atoms with Crippen molar-refractivity contribution in [3.05, 3.63) is 23.3 Å². The Labute approximate surface area is 178 Å². The van der Waals surface area contributed by atoms with E-state index in [1.807, 2.05) is 0 Å². The predicted octanol–water partition coefficient (Wildman–Crippen LogP) is 7.78. The fourth-order valence-corrected chi connectivity index (χ4v) is 8.46. The Kier molecular flexibility index (Phi) is 5.77. The van der Waals surface area contributed by atoms with Crippen LogP contribution in [0.25, 0.3) is 0 Å². The highest BCUT2D eigenvalue weighted by Gasteiger charge is 2.59. The lowest BCUT2D eigenvalue weighted by atomic mass is 9.46. The molecule has 4 aliphatic carbocycles. The van der Waals surface area contributed by atoms with Gasteiger partial charge >= 0.3 is 0 Å². The largest absolute Gasteiger partial charge is 0.411 e. The zero-order valence-corrected chi connectivity index (χ0v) is 19.5. The quantitative estimate of drug-likeness (QED) is 0.293. The van der Waals surface area contributed by atoms with Crippen molar-refractivity contribution in [2.24, 2.45) is 45.6 Å². The van der Waals surface area contributed by atoms with E-state index in [1.54, 1.807) is 5.57 Å². The average molecular weight is 398 g/mol. The Hall–Kier alpha value is -1.05. The molecule has 0 aliphatic heterocycles. The molecule has 3 fully saturated rings. The highest BCUT2D eigenvalue weighted by atomic mass is 16.4. The second-order valence-corrected chi connectivity index (χ2v) is 11.7. The van der Waals surface area contributed by atoms with Crippen molar-refractivity contribution < 1.29 is 5.21 Å². The second-order valence-electron chi connectivity index (χ2n) is 11.7. The first-order valence-electron chi connectivity index (χ1n) is 12.3. The summed E-state index contributed by atoms with van der Waals surface area (Å²) in [6, 6.07) is 0. The van der Waals surface area contributed by atoms with Crippen molar-refractivity contribution in [1.29, 1.82) is 0 Å². The minimum atomic E-state index is 0.353. The molecule has 29 heavy (non-hydrogen) atoms. The Morgan fingerprint density at radius 3 is 2.66 bits per heavy atom. The van der Waals surface area contributed by atoms with Gasteiger partial charge in [0, 0.05) is 0 Å². The molecule has 0 saturated heterocycles. The average Bonchev–Trinajstić information content (AvgIpc) is 3.04. The molecular weight excluding hydrogens is 354 g/mol. The molecule has 7 atom stereocenters. The molecule has 0 aromatic rings. The summed E-state index contributed by atoms with van der Waals surface area (Å²) in [4.78, 5) is 0. The molecular formula is C27H43NO. The Morgan fingerprint density at radius 1 is 1.14 bits per heavy atom. The van der Waals surface area contributed by atoms with E-state index in [4.69, 9.17) is 0 Å². The maximum atomic E-state index is 9.27. The van der Waals surface area contributed by atoms with Crippen LogP contribution in [0.5, 0.6) is 0 Å². The van der Waals surface area contributed by atoms with Crippen LogP contribution in [-0.4, -0.2) is 10.9 Å². The van der Waals surface area contributed by atoms with Crippen LogP contribution in [-0.2, 0) is 0 Å². The lowest BCUT2D eigenvalue weighted by Crippen LogP contribution is -2.51. The molecule has 0 aromatic heterocycles. The zero-order valence-electron chi connectivity index (χ0n) is 19.5. The fourth-order valence-electron chi connectivity index (χ4n) is 8.46. The topological polar surface area (TPSA) is 32.6 Å². The standard InChI is InChI=1S/C27H43NO/c1-18(2)7-6-8-19(3)23-11-12-24-22-10-9-20-17-21(28-29)13-15-26(20,4)25(22)14-16-27(23,24)5/h7,17,19,22-25,29H,6,8-16H2,1-5H3/b28-21-/t19-,22+,23-,24+,25+,26+,27-/m1/s1. The molecule has 2 heteroatoms. The lowest BCUT2D eigenvalue weighted by Gasteiger charge is -2.58. The van der Waals surface area contributed by atoms with Crippen molar-refractivity contribution in [1.82, 2.24) is 0 Å². The lowest BCUT2D eigenvalue weighted by molar-refractivity contribution is -0.0571. The van der Waals surface area contributed by atoms with E-state index in [-0.39, 0.29) is 0 Å². The van der Waals surface area contributed by atoms with Crippen molar-refractivity contribution in [2.75, 3.05) is 0 Å². The molecule has 2 nitrogen and oxygen atoms in total. The Bertz CT molecular complexity index is 714. The molecule has 4 rings (SSSR count). The summed E-state index contributed by atoms with van der Waals surface area (Å²) in [5.41, 5.74) is 4.88. The number of oxime groups is 1. The molecule has 0 spiro atoms. The van der Waals surface area contributed by atoms with Crippen molar-refractivity contribution in [3.63, 3.8) is 0 Å². The summed E-state index contributed by atoms with van der Waals surface area (Å²) in [5.74, 6) is 4.47. The number of nitrogens with zero attached hydrogens (tertiary/aromatic N) is 1. The third kappa shape index (κ3) is 3.53. The van der Waals surface area contributed by atoms with Crippen LogP contribution >= 0.6 is 0 Å². The number of rotatable bonds is 4. The summed E-state index contributed by atoms with van der Waals surface area (Å²) in [6.45, 7) is 12.2. The van der Waals surface area contributed by atoms with Gasteiger partial charge in [-0.1, -0.05) is 43.1 Å². The monoisotopic (exact) mass is 397 g/mol. The van der Waals surface area contributed by atoms with E-state index in [9.17, 15) is 5.21 Å². The highest BCUT2D eigenvalue weighted by Crippen LogP contribution is 2.67. The van der Waals surface area contributed by atoms with Gasteiger partial charge in [0.05, 0.1) is 5.71 Å². The van der Waals surface area contributed by atoms with E-state index < -0.39 is 0 Å². The van der Waals surface area contributed by atoms with E-state index >= 15 is 0 Å². The zero-order chi connectivity index (χ0) is 20.8. The van der Waals surface area contributed by atoms with Crippen LogP contribution in [0.15, 0.2) is 28.5 Å². The van der Waals surface area contributed by atoms with Gasteiger partial charge in [-0.25, -0.2) is 0 Å². The van der Waals surface area contributed by atoms with Gasteiger partial charge in [0.25, 0.3) is 0 Å². The van der Waals surface area contributed by atoms with E-state index in [1.165, 1.54) is 63.4 Å². The highest BCUT2D eigenvalue weighted by molar-refractivity contribution is 5.96. The molecule has 1 N–H and O–H groups in total.